The molecule has 1 aliphatic heterocycles. The fourth-order valence-electron chi connectivity index (χ4n) is 3.93. The van der Waals surface area contributed by atoms with Gasteiger partial charge in [0.1, 0.15) is 6.54 Å². The van der Waals surface area contributed by atoms with E-state index in [9.17, 15) is 9.59 Å². The van der Waals surface area contributed by atoms with Gasteiger partial charge in [0, 0.05) is 11.4 Å². The van der Waals surface area contributed by atoms with Gasteiger partial charge in [-0.05, 0) is 56.9 Å². The van der Waals surface area contributed by atoms with Gasteiger partial charge in [-0.2, -0.15) is 0 Å². The maximum absolute atomic E-state index is 13.2. The number of nitrogens with zero attached hydrogens (tertiary/aromatic N) is 2. The Morgan fingerprint density at radius 3 is 2.85 bits per heavy atom. The molecule has 138 valence electrons. The molecule has 0 bridgehead atoms. The van der Waals surface area contributed by atoms with Crippen molar-refractivity contribution in [2.45, 2.75) is 33.1 Å². The summed E-state index contributed by atoms with van der Waals surface area (Å²) in [6.45, 7) is 3.97. The molecule has 1 N–H and O–H groups in total. The van der Waals surface area contributed by atoms with Gasteiger partial charge in [-0.15, -0.1) is 0 Å². The Balaban J connectivity index is 1.61. The number of fused-ring (bicyclic) bond motifs is 2. The highest BCUT2D eigenvalue weighted by atomic mass is 16.2. The van der Waals surface area contributed by atoms with Crippen LogP contribution < -0.4 is 10.2 Å². The van der Waals surface area contributed by atoms with Crippen LogP contribution in [-0.4, -0.2) is 24.1 Å². The minimum Gasteiger partial charge on any atom is -0.324 e. The van der Waals surface area contributed by atoms with Crippen molar-refractivity contribution in [3.63, 3.8) is 0 Å². The van der Waals surface area contributed by atoms with Gasteiger partial charge >= 0.3 is 0 Å². The first-order chi connectivity index (χ1) is 13.0. The van der Waals surface area contributed by atoms with E-state index >= 15 is 0 Å². The van der Waals surface area contributed by atoms with Crippen LogP contribution in [0.1, 0.15) is 30.4 Å². The fourth-order valence-corrected chi connectivity index (χ4v) is 3.93. The van der Waals surface area contributed by atoms with Crippen molar-refractivity contribution in [1.29, 1.82) is 0 Å². The summed E-state index contributed by atoms with van der Waals surface area (Å²) in [5.74, 6) is -0.426. The summed E-state index contributed by atoms with van der Waals surface area (Å²) in [4.78, 5) is 32.2. The molecule has 27 heavy (non-hydrogen) atoms. The largest absolute Gasteiger partial charge is 0.324 e. The zero-order valence-electron chi connectivity index (χ0n) is 15.7. The number of benzene rings is 2. The third kappa shape index (κ3) is 3.37. The average Bonchev–Trinajstić information content (AvgIpc) is 3.06. The molecule has 1 saturated carbocycles. The molecule has 0 spiro atoms. The second kappa shape index (κ2) is 6.99. The zero-order chi connectivity index (χ0) is 19.0. The highest BCUT2D eigenvalue weighted by Crippen LogP contribution is 2.37. The van der Waals surface area contributed by atoms with Crippen molar-refractivity contribution in [2.24, 2.45) is 10.9 Å². The summed E-state index contributed by atoms with van der Waals surface area (Å²) in [6.07, 6.45) is 2.63. The quantitative estimate of drug-likeness (QED) is 0.892. The number of anilines is 2. The fraction of sp³-hybridized carbons (Fsp3) is 0.318. The number of nitrogens with one attached hydrogen (secondary N) is 1. The molecule has 5 nitrogen and oxygen atoms in total. The second-order valence-corrected chi connectivity index (χ2v) is 7.33. The lowest BCUT2D eigenvalue weighted by molar-refractivity contribution is -0.122. The van der Waals surface area contributed by atoms with Gasteiger partial charge in [0.2, 0.25) is 11.8 Å². The highest BCUT2D eigenvalue weighted by Gasteiger charge is 2.37. The first kappa shape index (κ1) is 17.5. The molecule has 0 saturated heterocycles. The van der Waals surface area contributed by atoms with Gasteiger partial charge in [-0.3, -0.25) is 14.6 Å². The van der Waals surface area contributed by atoms with E-state index in [0.29, 0.717) is 5.69 Å². The Morgan fingerprint density at radius 1 is 1.22 bits per heavy atom. The number of para-hydroxylation sites is 2. The molecule has 1 aliphatic carbocycles. The van der Waals surface area contributed by atoms with Crippen molar-refractivity contribution in [2.75, 3.05) is 16.8 Å². The van der Waals surface area contributed by atoms with Crippen LogP contribution in [0.25, 0.3) is 0 Å². The number of carbonyl (C=O) groups is 2. The molecule has 0 aromatic heterocycles. The topological polar surface area (TPSA) is 61.8 Å². The van der Waals surface area contributed by atoms with E-state index in [2.05, 4.69) is 5.32 Å². The maximum atomic E-state index is 13.2. The monoisotopic (exact) mass is 361 g/mol. The van der Waals surface area contributed by atoms with Gasteiger partial charge in [0.05, 0.1) is 17.3 Å². The summed E-state index contributed by atoms with van der Waals surface area (Å²) in [7, 11) is 0. The number of aliphatic imine (C=N–C) groups is 1. The standard InChI is InChI=1S/C22H23N3O2/c1-14-10-11-17(15(2)12-14)24-21(26)13-25-20-9-4-3-7-19(20)23-18-8-5-6-16(18)22(25)27/h3-4,7,9-12,16H,5-6,8,13H2,1-2H3,(H,24,26)/t16-/m0/s1. The Kier molecular flexibility index (Phi) is 4.52. The molecule has 0 unspecified atom stereocenters. The number of amides is 2. The summed E-state index contributed by atoms with van der Waals surface area (Å²) in [5.41, 5.74) is 5.36. The normalized spacial score (nSPS) is 18.4. The third-order valence-electron chi connectivity index (χ3n) is 5.29. The minimum absolute atomic E-state index is 0.0114. The molecule has 5 heteroatoms. The van der Waals surface area contributed by atoms with Gasteiger partial charge in [0.15, 0.2) is 0 Å². The molecule has 2 aliphatic rings. The van der Waals surface area contributed by atoms with Crippen molar-refractivity contribution in [3.05, 3.63) is 53.6 Å². The van der Waals surface area contributed by atoms with Crippen LogP contribution in [0.2, 0.25) is 0 Å². The van der Waals surface area contributed by atoms with Crippen molar-refractivity contribution in [1.82, 2.24) is 0 Å². The molecule has 2 amide bonds. The third-order valence-corrected chi connectivity index (χ3v) is 5.29. The lowest BCUT2D eigenvalue weighted by Crippen LogP contribution is -2.41. The molecule has 1 fully saturated rings. The molecule has 1 atom stereocenters. The summed E-state index contributed by atoms with van der Waals surface area (Å²) < 4.78 is 0. The molecular weight excluding hydrogens is 338 g/mol. The second-order valence-electron chi connectivity index (χ2n) is 7.33. The van der Waals surface area contributed by atoms with Crippen molar-refractivity contribution >= 4 is 34.6 Å². The van der Waals surface area contributed by atoms with E-state index < -0.39 is 0 Å². The van der Waals surface area contributed by atoms with Gasteiger partial charge in [0.25, 0.3) is 0 Å². The Morgan fingerprint density at radius 2 is 2.04 bits per heavy atom. The number of rotatable bonds is 3. The lowest BCUT2D eigenvalue weighted by Gasteiger charge is -2.24. The van der Waals surface area contributed by atoms with E-state index in [1.807, 2.05) is 56.3 Å². The Hall–Kier alpha value is -2.95. The average molecular weight is 361 g/mol. The smallest absolute Gasteiger partial charge is 0.244 e. The Labute approximate surface area is 159 Å². The molecular formula is C22H23N3O2. The minimum atomic E-state index is -0.202. The van der Waals surface area contributed by atoms with E-state index in [-0.39, 0.29) is 24.3 Å². The molecule has 4 rings (SSSR count). The summed E-state index contributed by atoms with van der Waals surface area (Å²) >= 11 is 0. The van der Waals surface area contributed by atoms with Crippen LogP contribution in [0.4, 0.5) is 17.1 Å². The predicted molar refractivity (Wildman–Crippen MR) is 108 cm³/mol. The van der Waals surface area contributed by atoms with Crippen molar-refractivity contribution < 1.29 is 9.59 Å². The number of aryl methyl sites for hydroxylation is 2. The van der Waals surface area contributed by atoms with Crippen LogP contribution in [0, 0.1) is 19.8 Å². The van der Waals surface area contributed by atoms with Gasteiger partial charge in [-0.25, -0.2) is 0 Å². The first-order valence-corrected chi connectivity index (χ1v) is 9.38. The van der Waals surface area contributed by atoms with Crippen LogP contribution >= 0.6 is 0 Å². The van der Waals surface area contributed by atoms with E-state index in [1.165, 1.54) is 0 Å². The zero-order valence-corrected chi connectivity index (χ0v) is 15.7. The molecule has 1 heterocycles. The number of hydrogen-bond donors (Lipinski definition) is 1. The highest BCUT2D eigenvalue weighted by molar-refractivity contribution is 6.16. The summed E-state index contributed by atoms with van der Waals surface area (Å²) in [5, 5.41) is 2.95. The van der Waals surface area contributed by atoms with Crippen LogP contribution in [0.15, 0.2) is 47.5 Å². The Bertz CT molecular complexity index is 948. The van der Waals surface area contributed by atoms with Gasteiger partial charge in [-0.1, -0.05) is 29.8 Å². The van der Waals surface area contributed by atoms with Crippen LogP contribution in [0.3, 0.4) is 0 Å². The van der Waals surface area contributed by atoms with Crippen LogP contribution in [0.5, 0.6) is 0 Å². The van der Waals surface area contributed by atoms with Crippen LogP contribution in [-0.2, 0) is 9.59 Å². The number of hydrogen-bond acceptors (Lipinski definition) is 3. The van der Waals surface area contributed by atoms with Crippen molar-refractivity contribution in [3.8, 4) is 0 Å². The van der Waals surface area contributed by atoms with Gasteiger partial charge < -0.3 is 10.2 Å². The first-order valence-electron chi connectivity index (χ1n) is 9.38. The molecule has 2 aromatic rings. The van der Waals surface area contributed by atoms with E-state index in [4.69, 9.17) is 4.99 Å². The van der Waals surface area contributed by atoms with E-state index in [0.717, 1.165) is 47.5 Å². The molecule has 0 radical (unpaired) electrons. The SMILES string of the molecule is Cc1ccc(NC(=O)CN2C(=O)[C@H]3CCCC3=Nc3ccccc32)c(C)c1. The lowest BCUT2D eigenvalue weighted by atomic mass is 10.1. The molecule has 2 aromatic carbocycles. The number of carbonyl (C=O) groups excluding carboxylic acids is 2. The van der Waals surface area contributed by atoms with E-state index in [1.54, 1.807) is 4.90 Å². The maximum Gasteiger partial charge on any atom is 0.244 e. The summed E-state index contributed by atoms with van der Waals surface area (Å²) in [6, 6.07) is 13.5. The predicted octanol–water partition coefficient (Wildman–Crippen LogP) is 4.16.